The molecule has 1 aliphatic rings. The van der Waals surface area contributed by atoms with E-state index in [1.165, 1.54) is 0 Å². The molecule has 0 atom stereocenters. The summed E-state index contributed by atoms with van der Waals surface area (Å²) >= 11 is 0. The third-order valence-electron chi connectivity index (χ3n) is 4.58. The van der Waals surface area contributed by atoms with Crippen LogP contribution < -0.4 is 5.32 Å². The van der Waals surface area contributed by atoms with Crippen molar-refractivity contribution < 1.29 is 9.53 Å². The van der Waals surface area contributed by atoms with E-state index in [1.807, 2.05) is 11.8 Å². The number of hydrogen-bond acceptors (Lipinski definition) is 5. The largest absolute Gasteiger partial charge is 0.382 e. The third kappa shape index (κ3) is 7.90. The summed E-state index contributed by atoms with van der Waals surface area (Å²) in [5.74, 6) is 2.03. The second kappa shape index (κ2) is 13.7. The van der Waals surface area contributed by atoms with Gasteiger partial charge in [-0.15, -0.1) is 34.2 Å². The van der Waals surface area contributed by atoms with Gasteiger partial charge in [0.05, 0.1) is 0 Å². The van der Waals surface area contributed by atoms with Crippen molar-refractivity contribution in [3.8, 4) is 0 Å². The van der Waals surface area contributed by atoms with Gasteiger partial charge in [0, 0.05) is 72.4 Å². The van der Waals surface area contributed by atoms with Gasteiger partial charge < -0.3 is 24.4 Å². The number of carbonyl (C=O) groups is 1. The van der Waals surface area contributed by atoms with Crippen LogP contribution in [0.5, 0.6) is 0 Å². The fourth-order valence-corrected chi connectivity index (χ4v) is 3.02. The van der Waals surface area contributed by atoms with E-state index in [4.69, 9.17) is 9.73 Å². The van der Waals surface area contributed by atoms with Crippen molar-refractivity contribution in [2.75, 3.05) is 52.5 Å². The number of aromatic nitrogens is 3. The van der Waals surface area contributed by atoms with Crippen LogP contribution in [0.15, 0.2) is 11.3 Å². The maximum atomic E-state index is 11.5. The van der Waals surface area contributed by atoms with Crippen LogP contribution in [0.2, 0.25) is 0 Å². The Morgan fingerprint density at radius 1 is 1.25 bits per heavy atom. The Bertz CT molecular complexity index is 601. The van der Waals surface area contributed by atoms with Gasteiger partial charge in [-0.25, -0.2) is 0 Å². The van der Waals surface area contributed by atoms with Crippen molar-refractivity contribution in [1.29, 1.82) is 0 Å². The lowest BCUT2D eigenvalue weighted by molar-refractivity contribution is -0.130. The molecule has 10 heteroatoms. The first-order valence-corrected chi connectivity index (χ1v) is 9.88. The van der Waals surface area contributed by atoms with Crippen molar-refractivity contribution >= 4 is 35.8 Å². The molecule has 0 aliphatic carbocycles. The second-order valence-corrected chi connectivity index (χ2v) is 6.47. The second-order valence-electron chi connectivity index (χ2n) is 6.47. The number of aliphatic imine (C=N–C) groups is 1. The zero-order valence-electron chi connectivity index (χ0n) is 17.3. The molecule has 1 saturated heterocycles. The molecule has 160 valence electrons. The van der Waals surface area contributed by atoms with Crippen molar-refractivity contribution in [1.82, 2.24) is 29.9 Å². The Kier molecular flexibility index (Phi) is 12.0. The lowest BCUT2D eigenvalue weighted by Crippen LogP contribution is -2.53. The molecular formula is C18H34IN7O2. The highest BCUT2D eigenvalue weighted by molar-refractivity contribution is 14.0. The molecule has 2 rings (SSSR count). The summed E-state index contributed by atoms with van der Waals surface area (Å²) in [7, 11) is 0. The highest BCUT2D eigenvalue weighted by Crippen LogP contribution is 2.03. The van der Waals surface area contributed by atoms with E-state index in [2.05, 4.69) is 31.9 Å². The van der Waals surface area contributed by atoms with Crippen LogP contribution in [0.1, 0.15) is 33.0 Å². The van der Waals surface area contributed by atoms with Crippen LogP contribution in [0, 0.1) is 0 Å². The topological polar surface area (TPSA) is 87.9 Å². The van der Waals surface area contributed by atoms with Crippen LogP contribution in [0.4, 0.5) is 0 Å². The lowest BCUT2D eigenvalue weighted by atomic mass is 10.3. The molecule has 0 spiro atoms. The molecule has 28 heavy (non-hydrogen) atoms. The molecule has 1 aromatic heterocycles. The van der Waals surface area contributed by atoms with Gasteiger partial charge in [-0.05, 0) is 13.3 Å². The summed E-state index contributed by atoms with van der Waals surface area (Å²) in [6, 6.07) is 0. The Labute approximate surface area is 184 Å². The van der Waals surface area contributed by atoms with E-state index in [0.717, 1.165) is 83.7 Å². The number of aryl methyl sites for hydroxylation is 1. The first kappa shape index (κ1) is 24.6. The van der Waals surface area contributed by atoms with E-state index in [1.54, 1.807) is 13.3 Å². The van der Waals surface area contributed by atoms with Gasteiger partial charge in [0.15, 0.2) is 5.96 Å². The Hall–Kier alpha value is -1.43. The summed E-state index contributed by atoms with van der Waals surface area (Å²) < 4.78 is 7.46. The van der Waals surface area contributed by atoms with Crippen LogP contribution in [0.25, 0.3) is 0 Å². The Balaban J connectivity index is 0.00000392. The highest BCUT2D eigenvalue weighted by atomic mass is 127. The summed E-state index contributed by atoms with van der Waals surface area (Å²) in [4.78, 5) is 20.4. The van der Waals surface area contributed by atoms with Crippen LogP contribution in [0.3, 0.4) is 0 Å². The number of halogens is 1. The van der Waals surface area contributed by atoms with Gasteiger partial charge in [0.1, 0.15) is 12.2 Å². The minimum atomic E-state index is 0. The molecule has 1 amide bonds. The van der Waals surface area contributed by atoms with Crippen LogP contribution >= 0.6 is 24.0 Å². The van der Waals surface area contributed by atoms with Crippen molar-refractivity contribution in [3.63, 3.8) is 0 Å². The SMILES string of the molecule is CCOCCCN=C(NCCn1cnnc1CC)N1CCN(C(C)=O)CC1.I. The predicted octanol–water partition coefficient (Wildman–Crippen LogP) is 0.995. The number of hydrogen-bond donors (Lipinski definition) is 1. The number of rotatable bonds is 9. The van der Waals surface area contributed by atoms with Crippen LogP contribution in [-0.2, 0) is 22.5 Å². The van der Waals surface area contributed by atoms with Crippen molar-refractivity contribution in [2.24, 2.45) is 4.99 Å². The van der Waals surface area contributed by atoms with Gasteiger partial charge in [-0.1, -0.05) is 6.92 Å². The number of guanidine groups is 1. The van der Waals surface area contributed by atoms with Gasteiger partial charge in [-0.2, -0.15) is 0 Å². The molecule has 1 fully saturated rings. The number of nitrogens with one attached hydrogen (secondary N) is 1. The first-order valence-electron chi connectivity index (χ1n) is 9.88. The number of nitrogens with zero attached hydrogens (tertiary/aromatic N) is 6. The Morgan fingerprint density at radius 3 is 2.61 bits per heavy atom. The average molecular weight is 507 g/mol. The Morgan fingerprint density at radius 2 is 1.96 bits per heavy atom. The summed E-state index contributed by atoms with van der Waals surface area (Å²) in [5, 5.41) is 11.6. The minimum absolute atomic E-state index is 0. The quantitative estimate of drug-likeness (QED) is 0.232. The fourth-order valence-electron chi connectivity index (χ4n) is 3.02. The standard InChI is InChI=1S/C18H33N7O2.HI/c1-4-17-22-21-15-25(17)9-8-20-18(19-7-6-14-27-5-2)24-12-10-23(11-13-24)16(3)26;/h15H,4-14H2,1-3H3,(H,19,20);1H. The zero-order valence-corrected chi connectivity index (χ0v) is 19.6. The van der Waals surface area contributed by atoms with E-state index >= 15 is 0 Å². The fraction of sp³-hybridized carbons (Fsp3) is 0.778. The number of amides is 1. The monoisotopic (exact) mass is 507 g/mol. The molecule has 0 bridgehead atoms. The van der Waals surface area contributed by atoms with Gasteiger partial charge >= 0.3 is 0 Å². The summed E-state index contributed by atoms with van der Waals surface area (Å²) in [6.07, 6.45) is 3.54. The van der Waals surface area contributed by atoms with E-state index in [0.29, 0.717) is 0 Å². The zero-order chi connectivity index (χ0) is 19.5. The molecule has 0 saturated carbocycles. The van der Waals surface area contributed by atoms with E-state index in [-0.39, 0.29) is 29.9 Å². The molecule has 1 aromatic rings. The van der Waals surface area contributed by atoms with Gasteiger partial charge in [0.25, 0.3) is 0 Å². The molecule has 1 N–H and O–H groups in total. The smallest absolute Gasteiger partial charge is 0.219 e. The first-order chi connectivity index (χ1) is 13.2. The molecule has 0 aromatic carbocycles. The van der Waals surface area contributed by atoms with Crippen molar-refractivity contribution in [2.45, 2.75) is 40.2 Å². The lowest BCUT2D eigenvalue weighted by Gasteiger charge is -2.36. The highest BCUT2D eigenvalue weighted by Gasteiger charge is 2.21. The molecule has 9 nitrogen and oxygen atoms in total. The average Bonchev–Trinajstić information content (AvgIpc) is 3.14. The number of piperazine rings is 1. The molecular weight excluding hydrogens is 473 g/mol. The molecule has 0 radical (unpaired) electrons. The molecule has 2 heterocycles. The van der Waals surface area contributed by atoms with Crippen molar-refractivity contribution in [3.05, 3.63) is 12.2 Å². The molecule has 0 unspecified atom stereocenters. The van der Waals surface area contributed by atoms with Gasteiger partial charge in [-0.3, -0.25) is 9.79 Å². The van der Waals surface area contributed by atoms with E-state index in [9.17, 15) is 4.79 Å². The number of carbonyl (C=O) groups excluding carboxylic acids is 1. The summed E-state index contributed by atoms with van der Waals surface area (Å²) in [6.45, 7) is 12.5. The van der Waals surface area contributed by atoms with E-state index < -0.39 is 0 Å². The number of ether oxygens (including phenoxy) is 1. The summed E-state index contributed by atoms with van der Waals surface area (Å²) in [5.41, 5.74) is 0. The maximum Gasteiger partial charge on any atom is 0.219 e. The predicted molar refractivity (Wildman–Crippen MR) is 120 cm³/mol. The maximum absolute atomic E-state index is 11.5. The normalized spacial score (nSPS) is 14.8. The third-order valence-corrected chi connectivity index (χ3v) is 4.58. The molecule has 1 aliphatic heterocycles. The van der Waals surface area contributed by atoms with Crippen LogP contribution in [-0.4, -0.2) is 88.9 Å². The minimum Gasteiger partial charge on any atom is -0.382 e. The van der Waals surface area contributed by atoms with Gasteiger partial charge in [0.2, 0.25) is 5.91 Å².